The molecule has 2 rings (SSSR count). The van der Waals surface area contributed by atoms with E-state index in [-0.39, 0.29) is 5.91 Å². The van der Waals surface area contributed by atoms with Gasteiger partial charge in [-0.1, -0.05) is 6.07 Å². The fraction of sp³-hybridized carbons (Fsp3) is 0.533. The predicted molar refractivity (Wildman–Crippen MR) is 79.8 cm³/mol. The molecule has 0 spiro atoms. The van der Waals surface area contributed by atoms with Crippen LogP contribution in [0.25, 0.3) is 0 Å². The molecule has 1 heterocycles. The maximum absolute atomic E-state index is 12.0. The lowest BCUT2D eigenvalue weighted by molar-refractivity contribution is -0.117. The zero-order valence-electron chi connectivity index (χ0n) is 12.0. The van der Waals surface area contributed by atoms with Crippen molar-refractivity contribution < 1.29 is 9.53 Å². The third kappa shape index (κ3) is 4.21. The molecule has 1 aliphatic heterocycles. The molecular weight excluding hydrogens is 254 g/mol. The number of ether oxygens (including phenoxy) is 1. The summed E-state index contributed by atoms with van der Waals surface area (Å²) in [6.07, 6.45) is 2.17. The van der Waals surface area contributed by atoms with E-state index in [0.29, 0.717) is 12.5 Å². The van der Waals surface area contributed by atoms with Gasteiger partial charge in [-0.15, -0.1) is 0 Å². The van der Waals surface area contributed by atoms with Crippen LogP contribution < -0.4 is 15.8 Å². The summed E-state index contributed by atoms with van der Waals surface area (Å²) in [5.41, 5.74) is 6.44. The molecule has 0 aliphatic carbocycles. The number of carbonyl (C=O) groups is 1. The summed E-state index contributed by atoms with van der Waals surface area (Å²) in [6, 6.07) is 7.40. The molecule has 20 heavy (non-hydrogen) atoms. The van der Waals surface area contributed by atoms with Gasteiger partial charge in [-0.25, -0.2) is 0 Å². The zero-order chi connectivity index (χ0) is 14.4. The SMILES string of the molecule is COc1cccc(NC(=O)CN2CCC(CN)CC2)c1. The molecule has 0 saturated carbocycles. The fourth-order valence-corrected chi connectivity index (χ4v) is 2.48. The Hall–Kier alpha value is -1.59. The molecule has 5 nitrogen and oxygen atoms in total. The van der Waals surface area contributed by atoms with Crippen molar-refractivity contribution in [3.63, 3.8) is 0 Å². The number of hydrogen-bond donors (Lipinski definition) is 2. The third-order valence-corrected chi connectivity index (χ3v) is 3.76. The second kappa shape index (κ2) is 7.26. The summed E-state index contributed by atoms with van der Waals surface area (Å²) in [7, 11) is 1.61. The number of rotatable bonds is 5. The molecule has 0 bridgehead atoms. The second-order valence-electron chi connectivity index (χ2n) is 5.24. The molecule has 0 aromatic heterocycles. The van der Waals surface area contributed by atoms with Crippen molar-refractivity contribution in [1.82, 2.24) is 4.90 Å². The number of carbonyl (C=O) groups excluding carboxylic acids is 1. The first-order valence-corrected chi connectivity index (χ1v) is 7.07. The van der Waals surface area contributed by atoms with Crippen LogP contribution in [0.4, 0.5) is 5.69 Å². The molecule has 5 heteroatoms. The molecular formula is C15H23N3O2. The first kappa shape index (κ1) is 14.8. The molecule has 110 valence electrons. The molecule has 1 aromatic rings. The number of methoxy groups -OCH3 is 1. The Labute approximate surface area is 120 Å². The standard InChI is InChI=1S/C15H23N3O2/c1-20-14-4-2-3-13(9-14)17-15(19)11-18-7-5-12(10-16)6-8-18/h2-4,9,12H,5-8,10-11,16H2,1H3,(H,17,19). The van der Waals surface area contributed by atoms with Crippen LogP contribution >= 0.6 is 0 Å². The number of amides is 1. The smallest absolute Gasteiger partial charge is 0.238 e. The van der Waals surface area contributed by atoms with Crippen molar-refractivity contribution in [1.29, 1.82) is 0 Å². The highest BCUT2D eigenvalue weighted by molar-refractivity contribution is 5.92. The van der Waals surface area contributed by atoms with Crippen LogP contribution in [0.5, 0.6) is 5.75 Å². The first-order valence-electron chi connectivity index (χ1n) is 7.07. The van der Waals surface area contributed by atoms with Crippen molar-refractivity contribution in [2.24, 2.45) is 11.7 Å². The number of likely N-dealkylation sites (tertiary alicyclic amines) is 1. The van der Waals surface area contributed by atoms with Gasteiger partial charge in [0.15, 0.2) is 0 Å². The first-order chi connectivity index (χ1) is 9.71. The molecule has 0 unspecified atom stereocenters. The summed E-state index contributed by atoms with van der Waals surface area (Å²) in [4.78, 5) is 14.2. The van der Waals surface area contributed by atoms with Gasteiger partial charge in [0, 0.05) is 11.8 Å². The van der Waals surface area contributed by atoms with Crippen LogP contribution in [0.15, 0.2) is 24.3 Å². The monoisotopic (exact) mass is 277 g/mol. The quantitative estimate of drug-likeness (QED) is 0.851. The van der Waals surface area contributed by atoms with E-state index in [2.05, 4.69) is 10.2 Å². The second-order valence-corrected chi connectivity index (χ2v) is 5.24. The molecule has 0 atom stereocenters. The number of hydrogen-bond acceptors (Lipinski definition) is 4. The normalized spacial score (nSPS) is 16.9. The van der Waals surface area contributed by atoms with E-state index in [9.17, 15) is 4.79 Å². The molecule has 1 saturated heterocycles. The van der Waals surface area contributed by atoms with E-state index in [0.717, 1.165) is 43.9 Å². The van der Waals surface area contributed by atoms with E-state index in [4.69, 9.17) is 10.5 Å². The van der Waals surface area contributed by atoms with E-state index in [1.807, 2.05) is 24.3 Å². The van der Waals surface area contributed by atoms with Gasteiger partial charge in [0.25, 0.3) is 0 Å². The van der Waals surface area contributed by atoms with E-state index in [1.54, 1.807) is 7.11 Å². The van der Waals surface area contributed by atoms with Crippen LogP contribution in [0.3, 0.4) is 0 Å². The maximum atomic E-state index is 12.0. The van der Waals surface area contributed by atoms with Crippen molar-refractivity contribution in [3.05, 3.63) is 24.3 Å². The Morgan fingerprint density at radius 1 is 1.45 bits per heavy atom. The summed E-state index contributed by atoms with van der Waals surface area (Å²) < 4.78 is 5.14. The summed E-state index contributed by atoms with van der Waals surface area (Å²) in [6.45, 7) is 3.10. The Kier molecular flexibility index (Phi) is 5.38. The molecule has 1 fully saturated rings. The lowest BCUT2D eigenvalue weighted by Gasteiger charge is -2.30. The van der Waals surface area contributed by atoms with Gasteiger partial charge in [-0.3, -0.25) is 9.69 Å². The van der Waals surface area contributed by atoms with Crippen LogP contribution in [-0.2, 0) is 4.79 Å². The lowest BCUT2D eigenvalue weighted by atomic mass is 9.97. The molecule has 3 N–H and O–H groups in total. The van der Waals surface area contributed by atoms with Crippen molar-refractivity contribution in [2.75, 3.05) is 38.6 Å². The van der Waals surface area contributed by atoms with E-state index >= 15 is 0 Å². The highest BCUT2D eigenvalue weighted by Gasteiger charge is 2.19. The number of benzene rings is 1. The minimum atomic E-state index is 0.0180. The minimum absolute atomic E-state index is 0.0180. The average Bonchev–Trinajstić information content (AvgIpc) is 2.48. The van der Waals surface area contributed by atoms with Gasteiger partial charge in [-0.2, -0.15) is 0 Å². The summed E-state index contributed by atoms with van der Waals surface area (Å²) >= 11 is 0. The van der Waals surface area contributed by atoms with E-state index < -0.39 is 0 Å². The molecule has 1 amide bonds. The Balaban J connectivity index is 1.80. The number of nitrogens with zero attached hydrogens (tertiary/aromatic N) is 1. The van der Waals surface area contributed by atoms with Crippen molar-refractivity contribution >= 4 is 11.6 Å². The van der Waals surface area contributed by atoms with Gasteiger partial charge < -0.3 is 15.8 Å². The van der Waals surface area contributed by atoms with Crippen LogP contribution in [0, 0.1) is 5.92 Å². The van der Waals surface area contributed by atoms with E-state index in [1.165, 1.54) is 0 Å². The largest absolute Gasteiger partial charge is 0.497 e. The van der Waals surface area contributed by atoms with Gasteiger partial charge in [-0.05, 0) is 50.5 Å². The highest BCUT2D eigenvalue weighted by Crippen LogP contribution is 2.18. The summed E-state index contributed by atoms with van der Waals surface area (Å²) in [5.74, 6) is 1.38. The van der Waals surface area contributed by atoms with Gasteiger partial charge in [0.05, 0.1) is 13.7 Å². The summed E-state index contributed by atoms with van der Waals surface area (Å²) in [5, 5.41) is 2.90. The number of anilines is 1. The number of piperidine rings is 1. The van der Waals surface area contributed by atoms with Gasteiger partial charge >= 0.3 is 0 Å². The zero-order valence-corrected chi connectivity index (χ0v) is 12.0. The molecule has 1 aromatic carbocycles. The Bertz CT molecular complexity index is 442. The van der Waals surface area contributed by atoms with Crippen LogP contribution in [0.2, 0.25) is 0 Å². The van der Waals surface area contributed by atoms with Crippen LogP contribution in [-0.4, -0.2) is 44.1 Å². The van der Waals surface area contributed by atoms with Crippen molar-refractivity contribution in [3.8, 4) is 5.75 Å². The Morgan fingerprint density at radius 3 is 2.85 bits per heavy atom. The molecule has 0 radical (unpaired) electrons. The minimum Gasteiger partial charge on any atom is -0.497 e. The van der Waals surface area contributed by atoms with Crippen molar-refractivity contribution in [2.45, 2.75) is 12.8 Å². The molecule has 1 aliphatic rings. The van der Waals surface area contributed by atoms with Gasteiger partial charge in [0.2, 0.25) is 5.91 Å². The topological polar surface area (TPSA) is 67.6 Å². The highest BCUT2D eigenvalue weighted by atomic mass is 16.5. The predicted octanol–water partition coefficient (Wildman–Crippen LogP) is 1.30. The van der Waals surface area contributed by atoms with Gasteiger partial charge in [0.1, 0.15) is 5.75 Å². The third-order valence-electron chi connectivity index (χ3n) is 3.76. The van der Waals surface area contributed by atoms with Crippen LogP contribution in [0.1, 0.15) is 12.8 Å². The number of nitrogens with two attached hydrogens (primary N) is 1. The average molecular weight is 277 g/mol. The Morgan fingerprint density at radius 2 is 2.20 bits per heavy atom. The fourth-order valence-electron chi connectivity index (χ4n) is 2.48. The lowest BCUT2D eigenvalue weighted by Crippen LogP contribution is -2.40. The number of nitrogens with one attached hydrogen (secondary N) is 1. The maximum Gasteiger partial charge on any atom is 0.238 e.